The van der Waals surface area contributed by atoms with Gasteiger partial charge >= 0.3 is 0 Å². The Bertz CT molecular complexity index is 1050. The highest BCUT2D eigenvalue weighted by molar-refractivity contribution is 8.15. The maximum atomic E-state index is 11.2. The van der Waals surface area contributed by atoms with Crippen molar-refractivity contribution >= 4 is 62.6 Å². The summed E-state index contributed by atoms with van der Waals surface area (Å²) >= 11 is 4.84. The number of hydrogen-bond donors (Lipinski definition) is 3. The van der Waals surface area contributed by atoms with Gasteiger partial charge in [0.15, 0.2) is 0 Å². The van der Waals surface area contributed by atoms with Gasteiger partial charge in [-0.05, 0) is 35.5 Å². The summed E-state index contributed by atoms with van der Waals surface area (Å²) in [5, 5.41) is 4.07. The Morgan fingerprint density at radius 1 is 1.40 bits per heavy atom. The molecule has 10 heteroatoms. The number of carbonyl (C=O) groups is 1. The average molecular weight is 463 g/mol. The Hall–Kier alpha value is -2.14. The topological polar surface area (TPSA) is 102 Å². The van der Waals surface area contributed by atoms with Crippen molar-refractivity contribution in [2.24, 2.45) is 10.7 Å². The minimum Gasteiger partial charge on any atom is -0.491 e. The summed E-state index contributed by atoms with van der Waals surface area (Å²) in [6.45, 7) is 1.61. The van der Waals surface area contributed by atoms with Crippen molar-refractivity contribution in [3.63, 3.8) is 0 Å². The maximum absolute atomic E-state index is 11.2. The van der Waals surface area contributed by atoms with Crippen LogP contribution in [0.2, 0.25) is 0 Å². The number of aromatic amines is 1. The molecule has 158 valence electrons. The molecular weight excluding hydrogens is 440 g/mol. The van der Waals surface area contributed by atoms with Crippen molar-refractivity contribution < 1.29 is 14.3 Å². The first-order chi connectivity index (χ1) is 14.6. The number of benzene rings is 1. The summed E-state index contributed by atoms with van der Waals surface area (Å²) < 4.78 is 15.5. The SMILES string of the molecule is COCCOc1cc(NSc2cccs2)c2[nH]c(C3=NCC(CC(N)=O)S3)cc2c1. The van der Waals surface area contributed by atoms with Gasteiger partial charge in [0.1, 0.15) is 17.4 Å². The van der Waals surface area contributed by atoms with E-state index in [4.69, 9.17) is 15.2 Å². The maximum Gasteiger partial charge on any atom is 0.218 e. The second-order valence-corrected chi connectivity index (χ2v) is 9.99. The molecule has 1 amide bonds. The number of ether oxygens (including phenoxy) is 2. The van der Waals surface area contributed by atoms with Crippen molar-refractivity contribution in [3.8, 4) is 5.75 Å². The van der Waals surface area contributed by atoms with E-state index in [1.165, 1.54) is 4.21 Å². The van der Waals surface area contributed by atoms with Gasteiger partial charge in [-0.3, -0.25) is 9.79 Å². The first kappa shape index (κ1) is 21.1. The standard InChI is InChI=1S/C20H22N4O3S3/c1-26-4-5-27-13-7-12-8-16(20-22-11-14(29-20)10-17(21)25)23-19(12)15(9-13)24-30-18-3-2-6-28-18/h2-3,6-9,14,23-24H,4-5,10-11H2,1H3,(H2,21,25). The number of anilines is 1. The van der Waals surface area contributed by atoms with Crippen LogP contribution in [0, 0.1) is 0 Å². The molecule has 1 aliphatic rings. The normalized spacial score (nSPS) is 16.0. The molecule has 0 fully saturated rings. The summed E-state index contributed by atoms with van der Waals surface area (Å²) in [6.07, 6.45) is 0.333. The molecule has 7 nitrogen and oxygen atoms in total. The minimum absolute atomic E-state index is 0.101. The van der Waals surface area contributed by atoms with Crippen LogP contribution >= 0.6 is 35.0 Å². The van der Waals surface area contributed by atoms with E-state index in [0.717, 1.165) is 33.1 Å². The first-order valence-electron chi connectivity index (χ1n) is 9.37. The molecule has 2 aromatic heterocycles. The van der Waals surface area contributed by atoms with E-state index in [1.54, 1.807) is 42.2 Å². The lowest BCUT2D eigenvalue weighted by Gasteiger charge is -2.10. The van der Waals surface area contributed by atoms with Gasteiger partial charge < -0.3 is 24.9 Å². The van der Waals surface area contributed by atoms with E-state index < -0.39 is 0 Å². The quantitative estimate of drug-likeness (QED) is 0.310. The highest BCUT2D eigenvalue weighted by Crippen LogP contribution is 2.36. The molecule has 3 aromatic rings. The number of nitrogens with zero attached hydrogens (tertiary/aromatic N) is 1. The Labute approximate surface area is 186 Å². The van der Waals surface area contributed by atoms with Crippen LogP contribution in [0.25, 0.3) is 10.9 Å². The highest BCUT2D eigenvalue weighted by atomic mass is 32.2. The molecule has 30 heavy (non-hydrogen) atoms. The molecular formula is C20H22N4O3S3. The molecule has 3 heterocycles. The number of H-pyrrole nitrogens is 1. The van der Waals surface area contributed by atoms with Gasteiger partial charge in [-0.1, -0.05) is 17.8 Å². The summed E-state index contributed by atoms with van der Waals surface area (Å²) in [7, 11) is 1.65. The monoisotopic (exact) mass is 462 g/mol. The van der Waals surface area contributed by atoms with Crippen molar-refractivity contribution in [1.29, 1.82) is 0 Å². The predicted octanol–water partition coefficient (Wildman–Crippen LogP) is 4.11. The number of nitrogens with one attached hydrogen (secondary N) is 2. The average Bonchev–Trinajstić information content (AvgIpc) is 3.46. The Balaban J connectivity index is 1.59. The van der Waals surface area contributed by atoms with E-state index in [-0.39, 0.29) is 11.2 Å². The number of nitrogens with two attached hydrogens (primary N) is 1. The third kappa shape index (κ3) is 5.12. The van der Waals surface area contributed by atoms with E-state index in [0.29, 0.717) is 26.2 Å². The minimum atomic E-state index is -0.296. The van der Waals surface area contributed by atoms with Crippen LogP contribution in [0.1, 0.15) is 12.1 Å². The Morgan fingerprint density at radius 2 is 2.30 bits per heavy atom. The van der Waals surface area contributed by atoms with Gasteiger partial charge in [0.05, 0.1) is 34.3 Å². The summed E-state index contributed by atoms with van der Waals surface area (Å²) in [5.74, 6) is 0.475. The van der Waals surface area contributed by atoms with Gasteiger partial charge in [0.2, 0.25) is 5.91 Å². The van der Waals surface area contributed by atoms with Gasteiger partial charge in [0, 0.05) is 30.2 Å². The molecule has 0 bridgehead atoms. The number of thioether (sulfide) groups is 1. The number of methoxy groups -OCH3 is 1. The predicted molar refractivity (Wildman–Crippen MR) is 126 cm³/mol. The van der Waals surface area contributed by atoms with Crippen molar-refractivity contribution in [2.45, 2.75) is 15.9 Å². The number of amides is 1. The van der Waals surface area contributed by atoms with Crippen LogP contribution < -0.4 is 15.2 Å². The lowest BCUT2D eigenvalue weighted by molar-refractivity contribution is -0.117. The smallest absolute Gasteiger partial charge is 0.218 e. The number of carbonyl (C=O) groups excluding carboxylic acids is 1. The zero-order valence-electron chi connectivity index (χ0n) is 16.3. The fourth-order valence-corrected chi connectivity index (χ4v) is 5.61. The molecule has 1 atom stereocenters. The fourth-order valence-electron chi connectivity index (χ4n) is 3.06. The van der Waals surface area contributed by atoms with Crippen molar-refractivity contribution in [2.75, 3.05) is 31.6 Å². The lowest BCUT2D eigenvalue weighted by Crippen LogP contribution is -2.18. The van der Waals surface area contributed by atoms with Gasteiger partial charge in [-0.15, -0.1) is 11.3 Å². The number of aliphatic imine (C=N–C) groups is 1. The second-order valence-electron chi connectivity index (χ2n) is 6.65. The molecule has 0 spiro atoms. The van der Waals surface area contributed by atoms with Crippen LogP contribution in [-0.4, -0.2) is 48.1 Å². The van der Waals surface area contributed by atoms with Gasteiger partial charge in [-0.2, -0.15) is 0 Å². The second kappa shape index (κ2) is 9.78. The summed E-state index contributed by atoms with van der Waals surface area (Å²) in [6, 6.07) is 10.2. The number of hydrogen-bond acceptors (Lipinski definition) is 8. The van der Waals surface area contributed by atoms with Crippen LogP contribution in [-0.2, 0) is 9.53 Å². The van der Waals surface area contributed by atoms with Crippen LogP contribution in [0.4, 0.5) is 5.69 Å². The van der Waals surface area contributed by atoms with Gasteiger partial charge in [-0.25, -0.2) is 0 Å². The van der Waals surface area contributed by atoms with E-state index in [9.17, 15) is 4.79 Å². The van der Waals surface area contributed by atoms with Crippen molar-refractivity contribution in [1.82, 2.24) is 4.98 Å². The third-order valence-electron chi connectivity index (χ3n) is 4.39. The molecule has 4 rings (SSSR count). The third-order valence-corrected chi connectivity index (χ3v) is 7.47. The van der Waals surface area contributed by atoms with Crippen molar-refractivity contribution in [3.05, 3.63) is 41.4 Å². The number of fused-ring (bicyclic) bond motifs is 1. The van der Waals surface area contributed by atoms with E-state index in [1.807, 2.05) is 18.2 Å². The number of primary amides is 1. The molecule has 0 radical (unpaired) electrons. The fraction of sp³-hybridized carbons (Fsp3) is 0.300. The number of aromatic nitrogens is 1. The molecule has 1 aromatic carbocycles. The van der Waals surface area contributed by atoms with E-state index >= 15 is 0 Å². The summed E-state index contributed by atoms with van der Waals surface area (Å²) in [4.78, 5) is 19.3. The Morgan fingerprint density at radius 3 is 3.07 bits per heavy atom. The van der Waals surface area contributed by atoms with Crippen LogP contribution in [0.5, 0.6) is 5.75 Å². The lowest BCUT2D eigenvalue weighted by atomic mass is 10.2. The molecule has 0 saturated heterocycles. The number of rotatable bonds is 10. The largest absolute Gasteiger partial charge is 0.491 e. The zero-order chi connectivity index (χ0) is 20.9. The molecule has 1 unspecified atom stereocenters. The highest BCUT2D eigenvalue weighted by Gasteiger charge is 2.24. The molecule has 4 N–H and O–H groups in total. The summed E-state index contributed by atoms with van der Waals surface area (Å²) in [5.41, 5.74) is 8.18. The zero-order valence-corrected chi connectivity index (χ0v) is 18.8. The first-order valence-corrected chi connectivity index (χ1v) is 11.9. The van der Waals surface area contributed by atoms with E-state index in [2.05, 4.69) is 32.2 Å². The number of thiophene rings is 1. The molecule has 0 saturated carbocycles. The molecule has 0 aliphatic carbocycles. The molecule has 1 aliphatic heterocycles. The Kier molecular flexibility index (Phi) is 6.88. The van der Waals surface area contributed by atoms with Gasteiger partial charge in [0.25, 0.3) is 0 Å². The van der Waals surface area contributed by atoms with Crippen LogP contribution in [0.15, 0.2) is 44.9 Å². The van der Waals surface area contributed by atoms with Crippen LogP contribution in [0.3, 0.4) is 0 Å².